The summed E-state index contributed by atoms with van der Waals surface area (Å²) in [4.78, 5) is 4.43. The van der Waals surface area contributed by atoms with Gasteiger partial charge in [0.25, 0.3) is 0 Å². The Morgan fingerprint density at radius 2 is 2.25 bits per heavy atom. The van der Waals surface area contributed by atoms with Gasteiger partial charge >= 0.3 is 0 Å². The fraction of sp³-hybridized carbons (Fsp3) is 0.500. The molecule has 1 aliphatic carbocycles. The summed E-state index contributed by atoms with van der Waals surface area (Å²) in [5.41, 5.74) is 2.57. The second-order valence-electron chi connectivity index (χ2n) is 5.11. The first-order chi connectivity index (χ1) is 7.65. The molecule has 4 heteroatoms. The maximum absolute atomic E-state index is 4.43. The largest absolute Gasteiger partial charge is 0.352 e. The van der Waals surface area contributed by atoms with Crippen molar-refractivity contribution >= 4 is 11.6 Å². The van der Waals surface area contributed by atoms with E-state index in [0.717, 1.165) is 18.1 Å². The van der Waals surface area contributed by atoms with Crippen LogP contribution in [0.2, 0.25) is 0 Å². The number of aromatic nitrogens is 3. The molecule has 84 valence electrons. The summed E-state index contributed by atoms with van der Waals surface area (Å²) in [6, 6.07) is 4.04. The number of fused-ring (bicyclic) bond motifs is 1. The van der Waals surface area contributed by atoms with Crippen LogP contribution in [0.5, 0.6) is 0 Å². The number of hydrogen-bond acceptors (Lipinski definition) is 3. The smallest absolute Gasteiger partial charge is 0.243 e. The van der Waals surface area contributed by atoms with E-state index in [0.29, 0.717) is 5.41 Å². The fourth-order valence-corrected chi connectivity index (χ4v) is 1.74. The molecule has 0 aromatic carbocycles. The number of rotatable bonds is 3. The quantitative estimate of drug-likeness (QED) is 0.855. The van der Waals surface area contributed by atoms with Gasteiger partial charge in [0, 0.05) is 12.7 Å². The molecule has 0 radical (unpaired) electrons. The molecule has 2 aromatic heterocycles. The minimum Gasteiger partial charge on any atom is -0.352 e. The Kier molecular flexibility index (Phi) is 1.93. The number of pyridine rings is 1. The van der Waals surface area contributed by atoms with Gasteiger partial charge in [0.15, 0.2) is 5.65 Å². The van der Waals surface area contributed by atoms with Crippen LogP contribution in [0.25, 0.3) is 5.65 Å². The second-order valence-corrected chi connectivity index (χ2v) is 5.11. The van der Waals surface area contributed by atoms with E-state index in [2.05, 4.69) is 35.3 Å². The van der Waals surface area contributed by atoms with E-state index in [-0.39, 0.29) is 0 Å². The molecule has 0 unspecified atom stereocenters. The van der Waals surface area contributed by atoms with E-state index in [1.165, 1.54) is 18.4 Å². The molecule has 4 nitrogen and oxygen atoms in total. The van der Waals surface area contributed by atoms with E-state index in [1.54, 1.807) is 0 Å². The minimum atomic E-state index is 0.480. The fourth-order valence-electron chi connectivity index (χ4n) is 1.74. The zero-order valence-electron chi connectivity index (χ0n) is 9.70. The third kappa shape index (κ3) is 1.75. The monoisotopic (exact) mass is 216 g/mol. The Balaban J connectivity index is 1.82. The Hall–Kier alpha value is -1.58. The summed E-state index contributed by atoms with van der Waals surface area (Å²) in [5.74, 6) is 0.735. The van der Waals surface area contributed by atoms with Crippen LogP contribution in [-0.4, -0.2) is 21.1 Å². The Labute approximate surface area is 94.7 Å². The van der Waals surface area contributed by atoms with Crippen molar-refractivity contribution in [2.75, 3.05) is 11.9 Å². The van der Waals surface area contributed by atoms with Crippen molar-refractivity contribution in [3.63, 3.8) is 0 Å². The summed E-state index contributed by atoms with van der Waals surface area (Å²) in [6.07, 6.45) is 4.62. The van der Waals surface area contributed by atoms with Crippen LogP contribution in [0.3, 0.4) is 0 Å². The van der Waals surface area contributed by atoms with Gasteiger partial charge in [-0.2, -0.15) is 4.98 Å². The van der Waals surface area contributed by atoms with Crippen LogP contribution >= 0.6 is 0 Å². The molecule has 1 saturated carbocycles. The van der Waals surface area contributed by atoms with Gasteiger partial charge in [-0.25, -0.2) is 4.52 Å². The predicted molar refractivity (Wildman–Crippen MR) is 63.6 cm³/mol. The van der Waals surface area contributed by atoms with Gasteiger partial charge in [-0.1, -0.05) is 13.0 Å². The zero-order valence-corrected chi connectivity index (χ0v) is 9.70. The number of hydrogen-bond donors (Lipinski definition) is 1. The van der Waals surface area contributed by atoms with Gasteiger partial charge in [0.1, 0.15) is 0 Å². The topological polar surface area (TPSA) is 42.2 Å². The SMILES string of the molecule is Cc1ccc2nc(NCC3(C)CC3)nn2c1. The third-order valence-corrected chi connectivity index (χ3v) is 3.26. The Morgan fingerprint density at radius 1 is 1.44 bits per heavy atom. The van der Waals surface area contributed by atoms with E-state index < -0.39 is 0 Å². The van der Waals surface area contributed by atoms with Crippen LogP contribution in [0.15, 0.2) is 18.3 Å². The van der Waals surface area contributed by atoms with Crippen molar-refractivity contribution in [1.29, 1.82) is 0 Å². The summed E-state index contributed by atoms with van der Waals surface area (Å²) in [5, 5.41) is 7.71. The molecule has 3 rings (SSSR count). The van der Waals surface area contributed by atoms with E-state index in [9.17, 15) is 0 Å². The lowest BCUT2D eigenvalue weighted by atomic mass is 10.1. The molecule has 1 N–H and O–H groups in total. The van der Waals surface area contributed by atoms with Crippen LogP contribution in [0, 0.1) is 12.3 Å². The standard InChI is InChI=1S/C12H16N4/c1-9-3-4-10-14-11(15-16(10)7-9)13-8-12(2)5-6-12/h3-4,7H,5-6,8H2,1-2H3,(H,13,15). The first kappa shape index (κ1) is 9.63. The molecule has 1 aliphatic rings. The van der Waals surface area contributed by atoms with Crippen molar-refractivity contribution in [2.45, 2.75) is 26.7 Å². The van der Waals surface area contributed by atoms with Gasteiger partial charge in [0.05, 0.1) is 0 Å². The first-order valence-corrected chi connectivity index (χ1v) is 5.72. The second kappa shape index (κ2) is 3.20. The molecular formula is C12H16N4. The zero-order chi connectivity index (χ0) is 11.2. The van der Waals surface area contributed by atoms with Crippen molar-refractivity contribution in [3.05, 3.63) is 23.9 Å². The average Bonchev–Trinajstić information content (AvgIpc) is 2.85. The molecule has 0 amide bonds. The Morgan fingerprint density at radius 3 is 3.00 bits per heavy atom. The molecule has 16 heavy (non-hydrogen) atoms. The Bertz CT molecular complexity index is 525. The number of anilines is 1. The van der Waals surface area contributed by atoms with Crippen molar-refractivity contribution < 1.29 is 0 Å². The van der Waals surface area contributed by atoms with Crippen LogP contribution < -0.4 is 5.32 Å². The maximum Gasteiger partial charge on any atom is 0.243 e. The third-order valence-electron chi connectivity index (χ3n) is 3.26. The molecule has 0 saturated heterocycles. The summed E-state index contributed by atoms with van der Waals surface area (Å²) in [7, 11) is 0. The van der Waals surface area contributed by atoms with Crippen LogP contribution in [0.4, 0.5) is 5.95 Å². The maximum atomic E-state index is 4.43. The van der Waals surface area contributed by atoms with Gasteiger partial charge in [0.2, 0.25) is 5.95 Å². The molecular weight excluding hydrogens is 200 g/mol. The highest BCUT2D eigenvalue weighted by atomic mass is 15.3. The van der Waals surface area contributed by atoms with Gasteiger partial charge in [-0.3, -0.25) is 0 Å². The molecule has 2 aromatic rings. The molecule has 0 bridgehead atoms. The normalized spacial score (nSPS) is 17.6. The first-order valence-electron chi connectivity index (χ1n) is 5.72. The number of nitrogens with one attached hydrogen (secondary N) is 1. The lowest BCUT2D eigenvalue weighted by Crippen LogP contribution is -2.12. The highest BCUT2D eigenvalue weighted by Crippen LogP contribution is 2.44. The summed E-state index contributed by atoms with van der Waals surface area (Å²) >= 11 is 0. The molecule has 0 spiro atoms. The molecule has 2 heterocycles. The van der Waals surface area contributed by atoms with Crippen molar-refractivity contribution in [1.82, 2.24) is 14.6 Å². The van der Waals surface area contributed by atoms with Crippen LogP contribution in [-0.2, 0) is 0 Å². The molecule has 1 fully saturated rings. The van der Waals surface area contributed by atoms with Crippen molar-refractivity contribution in [3.8, 4) is 0 Å². The van der Waals surface area contributed by atoms with E-state index in [4.69, 9.17) is 0 Å². The minimum absolute atomic E-state index is 0.480. The number of aryl methyl sites for hydroxylation is 1. The lowest BCUT2D eigenvalue weighted by molar-refractivity contribution is 0.607. The average molecular weight is 216 g/mol. The highest BCUT2D eigenvalue weighted by Gasteiger charge is 2.37. The lowest BCUT2D eigenvalue weighted by Gasteiger charge is -2.06. The van der Waals surface area contributed by atoms with E-state index >= 15 is 0 Å². The van der Waals surface area contributed by atoms with E-state index in [1.807, 2.05) is 16.8 Å². The molecule has 0 aliphatic heterocycles. The molecule has 0 atom stereocenters. The predicted octanol–water partition coefficient (Wildman–Crippen LogP) is 2.25. The van der Waals surface area contributed by atoms with Crippen LogP contribution in [0.1, 0.15) is 25.3 Å². The summed E-state index contributed by atoms with van der Waals surface area (Å²) in [6.45, 7) is 5.32. The highest BCUT2D eigenvalue weighted by molar-refractivity contribution is 5.44. The van der Waals surface area contributed by atoms with Gasteiger partial charge < -0.3 is 5.32 Å². The van der Waals surface area contributed by atoms with Gasteiger partial charge in [-0.05, 0) is 36.8 Å². The van der Waals surface area contributed by atoms with Crippen molar-refractivity contribution in [2.24, 2.45) is 5.41 Å². The van der Waals surface area contributed by atoms with Gasteiger partial charge in [-0.15, -0.1) is 5.10 Å². The summed E-state index contributed by atoms with van der Waals surface area (Å²) < 4.78 is 1.83. The number of nitrogens with zero attached hydrogens (tertiary/aromatic N) is 3.